The molecule has 4 nitrogen and oxygen atoms in total. The summed E-state index contributed by atoms with van der Waals surface area (Å²) in [6, 6.07) is 7.93. The van der Waals surface area contributed by atoms with E-state index in [-0.39, 0.29) is 6.03 Å². The smallest absolute Gasteiger partial charge is 0.321 e. The number of rotatable bonds is 3. The molecule has 0 spiro atoms. The molecule has 0 atom stereocenters. The number of hydrogen-bond acceptors (Lipinski definition) is 2. The first-order valence-electron chi connectivity index (χ1n) is 6.96. The molecule has 0 aromatic heterocycles. The Morgan fingerprint density at radius 1 is 1.37 bits per heavy atom. The lowest BCUT2D eigenvalue weighted by atomic mass is 9.97. The average molecular weight is 261 g/mol. The molecule has 1 heterocycles. The molecule has 0 saturated carbocycles. The van der Waals surface area contributed by atoms with Gasteiger partial charge in [-0.1, -0.05) is 12.1 Å². The molecule has 0 unspecified atom stereocenters. The summed E-state index contributed by atoms with van der Waals surface area (Å²) < 4.78 is 0. The van der Waals surface area contributed by atoms with Crippen molar-refractivity contribution in [1.82, 2.24) is 10.2 Å². The lowest BCUT2D eigenvalue weighted by molar-refractivity contribution is 0.182. The number of nitrogens with zero attached hydrogens (tertiary/aromatic N) is 1. The van der Waals surface area contributed by atoms with Crippen LogP contribution in [0.2, 0.25) is 0 Å². The fraction of sp³-hybridized carbons (Fsp3) is 0.533. The number of urea groups is 1. The van der Waals surface area contributed by atoms with E-state index < -0.39 is 0 Å². The Bertz CT molecular complexity index is 425. The predicted molar refractivity (Wildman–Crippen MR) is 78.4 cm³/mol. The van der Waals surface area contributed by atoms with E-state index in [0.29, 0.717) is 5.92 Å². The van der Waals surface area contributed by atoms with Gasteiger partial charge in [-0.3, -0.25) is 0 Å². The van der Waals surface area contributed by atoms with Crippen LogP contribution in [0.4, 0.5) is 10.5 Å². The quantitative estimate of drug-likeness (QED) is 0.878. The first-order chi connectivity index (χ1) is 9.19. The third-order valence-electron chi connectivity index (χ3n) is 3.66. The molecule has 2 N–H and O–H groups in total. The Balaban J connectivity index is 1.84. The number of amides is 2. The van der Waals surface area contributed by atoms with Gasteiger partial charge in [0.25, 0.3) is 0 Å². The number of carbonyl (C=O) groups excluding carboxylic acids is 1. The Morgan fingerprint density at radius 3 is 2.74 bits per heavy atom. The van der Waals surface area contributed by atoms with E-state index in [0.717, 1.165) is 43.7 Å². The van der Waals surface area contributed by atoms with Crippen molar-refractivity contribution in [3.8, 4) is 0 Å². The van der Waals surface area contributed by atoms with Crippen LogP contribution in [0.5, 0.6) is 0 Å². The standard InChI is InChI=1S/C15H23N3O/c1-12-4-3-5-14(10-12)17-15(19)18-8-6-13(7-9-18)11-16-2/h3-5,10,13,16H,6-9,11H2,1-2H3,(H,17,19). The van der Waals surface area contributed by atoms with Crippen molar-refractivity contribution < 1.29 is 4.79 Å². The fourth-order valence-corrected chi connectivity index (χ4v) is 2.55. The highest BCUT2D eigenvalue weighted by molar-refractivity contribution is 5.89. The van der Waals surface area contributed by atoms with Crippen LogP contribution in [-0.2, 0) is 0 Å². The van der Waals surface area contributed by atoms with Gasteiger partial charge in [-0.2, -0.15) is 0 Å². The summed E-state index contributed by atoms with van der Waals surface area (Å²) in [7, 11) is 1.98. The van der Waals surface area contributed by atoms with Crippen molar-refractivity contribution in [3.05, 3.63) is 29.8 Å². The summed E-state index contributed by atoms with van der Waals surface area (Å²) in [6.45, 7) is 4.78. The molecular formula is C15H23N3O. The first kappa shape index (κ1) is 13.9. The van der Waals surface area contributed by atoms with Crippen LogP contribution in [0.15, 0.2) is 24.3 Å². The van der Waals surface area contributed by atoms with E-state index in [2.05, 4.69) is 10.6 Å². The van der Waals surface area contributed by atoms with Gasteiger partial charge in [0.05, 0.1) is 0 Å². The van der Waals surface area contributed by atoms with E-state index in [9.17, 15) is 4.79 Å². The normalized spacial score (nSPS) is 16.4. The minimum atomic E-state index is 0.0218. The minimum absolute atomic E-state index is 0.0218. The molecule has 19 heavy (non-hydrogen) atoms. The first-order valence-corrected chi connectivity index (χ1v) is 6.96. The van der Waals surface area contributed by atoms with Gasteiger partial charge in [-0.05, 0) is 57.0 Å². The van der Waals surface area contributed by atoms with Crippen molar-refractivity contribution in [2.24, 2.45) is 5.92 Å². The van der Waals surface area contributed by atoms with Gasteiger partial charge < -0.3 is 15.5 Å². The highest BCUT2D eigenvalue weighted by Gasteiger charge is 2.22. The second-order valence-corrected chi connectivity index (χ2v) is 5.29. The van der Waals surface area contributed by atoms with Crippen molar-refractivity contribution in [1.29, 1.82) is 0 Å². The number of nitrogens with one attached hydrogen (secondary N) is 2. The number of benzene rings is 1. The van der Waals surface area contributed by atoms with Crippen LogP contribution in [0.25, 0.3) is 0 Å². The maximum atomic E-state index is 12.1. The van der Waals surface area contributed by atoms with Crippen molar-refractivity contribution in [2.75, 3.05) is 32.0 Å². The second kappa shape index (κ2) is 6.57. The third kappa shape index (κ3) is 3.96. The van der Waals surface area contributed by atoms with E-state index in [1.54, 1.807) is 0 Å². The molecule has 0 bridgehead atoms. The van der Waals surface area contributed by atoms with Crippen LogP contribution in [0, 0.1) is 12.8 Å². The Kier molecular flexibility index (Phi) is 4.80. The lowest BCUT2D eigenvalue weighted by Crippen LogP contribution is -2.42. The zero-order chi connectivity index (χ0) is 13.7. The maximum Gasteiger partial charge on any atom is 0.321 e. The molecule has 1 aromatic carbocycles. The van der Waals surface area contributed by atoms with Crippen LogP contribution in [-0.4, -0.2) is 37.6 Å². The molecule has 1 aliphatic rings. The number of piperidine rings is 1. The highest BCUT2D eigenvalue weighted by atomic mass is 16.2. The molecule has 1 aromatic rings. The molecule has 1 fully saturated rings. The monoisotopic (exact) mass is 261 g/mol. The zero-order valence-corrected chi connectivity index (χ0v) is 11.8. The number of likely N-dealkylation sites (tertiary alicyclic amines) is 1. The Labute approximate surface area is 115 Å². The van der Waals surface area contributed by atoms with Gasteiger partial charge in [-0.15, -0.1) is 0 Å². The Hall–Kier alpha value is -1.55. The van der Waals surface area contributed by atoms with Gasteiger partial charge in [-0.25, -0.2) is 4.79 Å². The highest BCUT2D eigenvalue weighted by Crippen LogP contribution is 2.18. The maximum absolute atomic E-state index is 12.1. The molecule has 1 saturated heterocycles. The van der Waals surface area contributed by atoms with Crippen molar-refractivity contribution >= 4 is 11.7 Å². The molecule has 104 valence electrons. The van der Waals surface area contributed by atoms with Crippen LogP contribution < -0.4 is 10.6 Å². The number of aryl methyl sites for hydroxylation is 1. The van der Waals surface area contributed by atoms with Crippen molar-refractivity contribution in [2.45, 2.75) is 19.8 Å². The summed E-state index contributed by atoms with van der Waals surface area (Å²) in [6.07, 6.45) is 2.17. The summed E-state index contributed by atoms with van der Waals surface area (Å²) in [5.41, 5.74) is 2.04. The van der Waals surface area contributed by atoms with Crippen LogP contribution in [0.3, 0.4) is 0 Å². The van der Waals surface area contributed by atoms with Gasteiger partial charge in [0.2, 0.25) is 0 Å². The van der Waals surface area contributed by atoms with E-state index >= 15 is 0 Å². The van der Waals surface area contributed by atoms with E-state index in [1.807, 2.05) is 43.1 Å². The molecule has 0 radical (unpaired) electrons. The number of anilines is 1. The third-order valence-corrected chi connectivity index (χ3v) is 3.66. The van der Waals surface area contributed by atoms with Gasteiger partial charge >= 0.3 is 6.03 Å². The molecule has 1 aliphatic heterocycles. The van der Waals surface area contributed by atoms with E-state index in [4.69, 9.17) is 0 Å². The average Bonchev–Trinajstić information content (AvgIpc) is 2.40. The summed E-state index contributed by atoms with van der Waals surface area (Å²) in [5, 5.41) is 6.18. The Morgan fingerprint density at radius 2 is 2.11 bits per heavy atom. The lowest BCUT2D eigenvalue weighted by Gasteiger charge is -2.31. The molecule has 4 heteroatoms. The van der Waals surface area contributed by atoms with Crippen LogP contribution >= 0.6 is 0 Å². The van der Waals surface area contributed by atoms with E-state index in [1.165, 1.54) is 0 Å². The predicted octanol–water partition coefficient (Wildman–Crippen LogP) is 2.46. The summed E-state index contributed by atoms with van der Waals surface area (Å²) in [4.78, 5) is 14.1. The van der Waals surface area contributed by atoms with Gasteiger partial charge in [0, 0.05) is 18.8 Å². The van der Waals surface area contributed by atoms with Crippen LogP contribution in [0.1, 0.15) is 18.4 Å². The molecule has 2 amide bonds. The molecular weight excluding hydrogens is 238 g/mol. The fourth-order valence-electron chi connectivity index (χ4n) is 2.55. The minimum Gasteiger partial charge on any atom is -0.325 e. The van der Waals surface area contributed by atoms with Gasteiger partial charge in [0.1, 0.15) is 0 Å². The SMILES string of the molecule is CNCC1CCN(C(=O)Nc2cccc(C)c2)CC1. The number of carbonyl (C=O) groups is 1. The second-order valence-electron chi connectivity index (χ2n) is 5.29. The van der Waals surface area contributed by atoms with Crippen molar-refractivity contribution in [3.63, 3.8) is 0 Å². The largest absolute Gasteiger partial charge is 0.325 e. The topological polar surface area (TPSA) is 44.4 Å². The molecule has 2 rings (SSSR count). The zero-order valence-electron chi connectivity index (χ0n) is 11.8. The number of hydrogen-bond donors (Lipinski definition) is 2. The summed E-state index contributed by atoms with van der Waals surface area (Å²) >= 11 is 0. The molecule has 0 aliphatic carbocycles. The van der Waals surface area contributed by atoms with Gasteiger partial charge in [0.15, 0.2) is 0 Å². The summed E-state index contributed by atoms with van der Waals surface area (Å²) in [5.74, 6) is 0.702.